The quantitative estimate of drug-likeness (QED) is 0.879. The second kappa shape index (κ2) is 6.02. The van der Waals surface area contributed by atoms with Gasteiger partial charge in [-0.1, -0.05) is 0 Å². The number of carbonyl (C=O) groups excluding carboxylic acids is 1. The first-order chi connectivity index (χ1) is 9.10. The van der Waals surface area contributed by atoms with Crippen molar-refractivity contribution in [3.63, 3.8) is 0 Å². The van der Waals surface area contributed by atoms with Gasteiger partial charge in [0, 0.05) is 12.1 Å². The molecule has 0 unspecified atom stereocenters. The van der Waals surface area contributed by atoms with Gasteiger partial charge in [0.1, 0.15) is 11.6 Å². The van der Waals surface area contributed by atoms with E-state index in [1.807, 2.05) is 0 Å². The molecule has 1 aliphatic carbocycles. The normalized spacial score (nSPS) is 22.9. The van der Waals surface area contributed by atoms with Crippen LogP contribution in [0.3, 0.4) is 0 Å². The van der Waals surface area contributed by atoms with Crippen molar-refractivity contribution >= 4 is 5.91 Å². The summed E-state index contributed by atoms with van der Waals surface area (Å²) in [5, 5.41) is 12.2. The number of rotatable bonds is 3. The highest BCUT2D eigenvalue weighted by Crippen LogP contribution is 2.20. The van der Waals surface area contributed by atoms with Crippen LogP contribution in [0.15, 0.2) is 18.2 Å². The molecule has 104 valence electrons. The third-order valence-corrected chi connectivity index (χ3v) is 3.45. The third-order valence-electron chi connectivity index (χ3n) is 3.45. The molecule has 0 atom stereocenters. The van der Waals surface area contributed by atoms with Crippen molar-refractivity contribution in [1.82, 2.24) is 5.32 Å². The Bertz CT molecular complexity index is 456. The van der Waals surface area contributed by atoms with Crippen LogP contribution in [0.25, 0.3) is 0 Å². The fourth-order valence-electron chi connectivity index (χ4n) is 2.29. The maximum absolute atomic E-state index is 13.7. The molecule has 5 heteroatoms. The Hall–Kier alpha value is -1.62. The van der Waals surface area contributed by atoms with E-state index < -0.39 is 11.7 Å². The number of amides is 1. The van der Waals surface area contributed by atoms with Crippen LogP contribution in [0.4, 0.5) is 4.39 Å². The van der Waals surface area contributed by atoms with E-state index in [1.165, 1.54) is 19.2 Å². The molecule has 1 aromatic carbocycles. The standard InChI is InChI=1S/C14H18FNO3/c1-19-11-6-7-12(13(15)8-11)14(18)16-9-2-4-10(17)5-3-9/h6-10,17H,2-5H2,1H3,(H,16,18). The largest absolute Gasteiger partial charge is 0.497 e. The van der Waals surface area contributed by atoms with Gasteiger partial charge in [-0.2, -0.15) is 0 Å². The Morgan fingerprint density at radius 3 is 2.63 bits per heavy atom. The first-order valence-corrected chi connectivity index (χ1v) is 6.42. The SMILES string of the molecule is COc1ccc(C(=O)NC2CCC(O)CC2)c(F)c1. The Morgan fingerprint density at radius 2 is 2.05 bits per heavy atom. The summed E-state index contributed by atoms with van der Waals surface area (Å²) in [5.41, 5.74) is 0.0203. The van der Waals surface area contributed by atoms with Gasteiger partial charge >= 0.3 is 0 Å². The van der Waals surface area contributed by atoms with Crippen LogP contribution in [0.5, 0.6) is 5.75 Å². The van der Waals surface area contributed by atoms with Crippen molar-refractivity contribution in [1.29, 1.82) is 0 Å². The summed E-state index contributed by atoms with van der Waals surface area (Å²) < 4.78 is 18.6. The molecule has 0 spiro atoms. The second-order valence-corrected chi connectivity index (χ2v) is 4.82. The van der Waals surface area contributed by atoms with Gasteiger partial charge in [-0.3, -0.25) is 4.79 Å². The molecule has 0 heterocycles. The maximum Gasteiger partial charge on any atom is 0.254 e. The molecule has 1 amide bonds. The van der Waals surface area contributed by atoms with Gasteiger partial charge in [0.15, 0.2) is 0 Å². The molecule has 1 fully saturated rings. The molecule has 4 nitrogen and oxygen atoms in total. The summed E-state index contributed by atoms with van der Waals surface area (Å²) in [4.78, 5) is 12.0. The zero-order chi connectivity index (χ0) is 13.8. The molecule has 1 aromatic rings. The highest BCUT2D eigenvalue weighted by atomic mass is 19.1. The van der Waals surface area contributed by atoms with Crippen LogP contribution in [0.2, 0.25) is 0 Å². The van der Waals surface area contributed by atoms with Crippen LogP contribution in [0, 0.1) is 5.82 Å². The van der Waals surface area contributed by atoms with E-state index in [1.54, 1.807) is 6.07 Å². The predicted molar refractivity (Wildman–Crippen MR) is 68.7 cm³/mol. The van der Waals surface area contributed by atoms with Gasteiger partial charge in [-0.25, -0.2) is 4.39 Å². The number of hydrogen-bond acceptors (Lipinski definition) is 3. The lowest BCUT2D eigenvalue weighted by Gasteiger charge is -2.26. The fourth-order valence-corrected chi connectivity index (χ4v) is 2.29. The average molecular weight is 267 g/mol. The summed E-state index contributed by atoms with van der Waals surface area (Å²) in [6.45, 7) is 0. The van der Waals surface area contributed by atoms with Gasteiger partial charge in [-0.15, -0.1) is 0 Å². The minimum absolute atomic E-state index is 0.0115. The Kier molecular flexibility index (Phi) is 4.37. The Balaban J connectivity index is 2.00. The van der Waals surface area contributed by atoms with E-state index in [9.17, 15) is 14.3 Å². The van der Waals surface area contributed by atoms with Crippen molar-refractivity contribution in [3.8, 4) is 5.75 Å². The number of hydrogen-bond donors (Lipinski definition) is 2. The van der Waals surface area contributed by atoms with E-state index in [0.717, 1.165) is 12.8 Å². The first kappa shape index (κ1) is 13.8. The summed E-state index contributed by atoms with van der Waals surface area (Å²) in [6.07, 6.45) is 2.53. The van der Waals surface area contributed by atoms with Crippen LogP contribution >= 0.6 is 0 Å². The van der Waals surface area contributed by atoms with Crippen molar-refractivity contribution in [2.24, 2.45) is 0 Å². The van der Waals surface area contributed by atoms with E-state index in [4.69, 9.17) is 4.74 Å². The fraction of sp³-hybridized carbons (Fsp3) is 0.500. The zero-order valence-electron chi connectivity index (χ0n) is 10.9. The van der Waals surface area contributed by atoms with Crippen molar-refractivity contribution in [3.05, 3.63) is 29.6 Å². The van der Waals surface area contributed by atoms with E-state index >= 15 is 0 Å². The summed E-state index contributed by atoms with van der Waals surface area (Å²) in [7, 11) is 1.45. The third kappa shape index (κ3) is 3.44. The maximum atomic E-state index is 13.7. The highest BCUT2D eigenvalue weighted by Gasteiger charge is 2.22. The van der Waals surface area contributed by atoms with Crippen molar-refractivity contribution in [2.75, 3.05) is 7.11 Å². The zero-order valence-corrected chi connectivity index (χ0v) is 10.9. The average Bonchev–Trinajstić information content (AvgIpc) is 2.41. The molecule has 1 saturated carbocycles. The minimum Gasteiger partial charge on any atom is -0.497 e. The van der Waals surface area contributed by atoms with Gasteiger partial charge in [-0.05, 0) is 37.8 Å². The molecule has 0 saturated heterocycles. The number of aliphatic hydroxyl groups is 1. The molecule has 0 radical (unpaired) electrons. The minimum atomic E-state index is -0.590. The van der Waals surface area contributed by atoms with Crippen molar-refractivity contribution in [2.45, 2.75) is 37.8 Å². The van der Waals surface area contributed by atoms with E-state index in [2.05, 4.69) is 5.32 Å². The lowest BCUT2D eigenvalue weighted by Crippen LogP contribution is -2.38. The number of ether oxygens (including phenoxy) is 1. The topological polar surface area (TPSA) is 58.6 Å². The lowest BCUT2D eigenvalue weighted by atomic mass is 9.93. The van der Waals surface area contributed by atoms with Gasteiger partial charge in [0.25, 0.3) is 5.91 Å². The summed E-state index contributed by atoms with van der Waals surface area (Å²) in [5.74, 6) is -0.621. The molecule has 2 rings (SSSR count). The van der Waals surface area contributed by atoms with Gasteiger partial charge in [0.2, 0.25) is 0 Å². The number of halogens is 1. The van der Waals surface area contributed by atoms with Gasteiger partial charge in [0.05, 0.1) is 18.8 Å². The van der Waals surface area contributed by atoms with Crippen LogP contribution in [-0.2, 0) is 0 Å². The van der Waals surface area contributed by atoms with Gasteiger partial charge < -0.3 is 15.2 Å². The molecular formula is C14H18FNO3. The molecule has 2 N–H and O–H groups in total. The first-order valence-electron chi connectivity index (χ1n) is 6.42. The molecule has 1 aliphatic rings. The molecule has 0 aromatic heterocycles. The van der Waals surface area contributed by atoms with Crippen LogP contribution in [0.1, 0.15) is 36.0 Å². The van der Waals surface area contributed by atoms with Crippen LogP contribution < -0.4 is 10.1 Å². The molecular weight excluding hydrogens is 249 g/mol. The monoisotopic (exact) mass is 267 g/mol. The number of methoxy groups -OCH3 is 1. The number of carbonyl (C=O) groups is 1. The van der Waals surface area contributed by atoms with Crippen LogP contribution in [-0.4, -0.2) is 30.3 Å². The summed E-state index contributed by atoms with van der Waals surface area (Å²) >= 11 is 0. The second-order valence-electron chi connectivity index (χ2n) is 4.82. The Labute approximate surface area is 111 Å². The molecule has 0 bridgehead atoms. The highest BCUT2D eigenvalue weighted by molar-refractivity contribution is 5.94. The molecule has 0 aliphatic heterocycles. The van der Waals surface area contributed by atoms with E-state index in [0.29, 0.717) is 18.6 Å². The molecule has 19 heavy (non-hydrogen) atoms. The summed E-state index contributed by atoms with van der Waals surface area (Å²) in [6, 6.07) is 4.18. The smallest absolute Gasteiger partial charge is 0.254 e. The number of nitrogens with one attached hydrogen (secondary N) is 1. The Morgan fingerprint density at radius 1 is 1.37 bits per heavy atom. The lowest BCUT2D eigenvalue weighted by molar-refractivity contribution is 0.0864. The number of aliphatic hydroxyl groups excluding tert-OH is 1. The predicted octanol–water partition coefficient (Wildman–Crippen LogP) is 1.87. The van der Waals surface area contributed by atoms with E-state index in [-0.39, 0.29) is 17.7 Å². The van der Waals surface area contributed by atoms with Crippen molar-refractivity contribution < 1.29 is 19.0 Å². The number of benzene rings is 1.